The summed E-state index contributed by atoms with van der Waals surface area (Å²) in [5, 5.41) is 8.87. The van der Waals surface area contributed by atoms with Crippen LogP contribution in [0.1, 0.15) is 39.5 Å². The van der Waals surface area contributed by atoms with Gasteiger partial charge in [-0.05, 0) is 45.4 Å². The van der Waals surface area contributed by atoms with E-state index in [1.54, 1.807) is 0 Å². The highest BCUT2D eigenvalue weighted by Gasteiger charge is 2.38. The van der Waals surface area contributed by atoms with Crippen LogP contribution in [-0.2, 0) is 14.3 Å². The molecule has 18 heavy (non-hydrogen) atoms. The fourth-order valence-corrected chi connectivity index (χ4v) is 2.32. The molecule has 102 valence electrons. The number of hydrogen-bond acceptors (Lipinski definition) is 3. The second kappa shape index (κ2) is 5.26. The van der Waals surface area contributed by atoms with Gasteiger partial charge in [-0.15, -0.1) is 0 Å². The van der Waals surface area contributed by atoms with Gasteiger partial charge in [0.05, 0.1) is 0 Å². The summed E-state index contributed by atoms with van der Waals surface area (Å²) in [6.07, 6.45) is 1.96. The van der Waals surface area contributed by atoms with Gasteiger partial charge in [0.2, 0.25) is 0 Å². The number of rotatable bonds is 5. The third-order valence-electron chi connectivity index (χ3n) is 3.63. The molecule has 2 fully saturated rings. The van der Waals surface area contributed by atoms with Crippen LogP contribution in [0.2, 0.25) is 0 Å². The normalized spacial score (nSPS) is 27.5. The van der Waals surface area contributed by atoms with Gasteiger partial charge < -0.3 is 14.7 Å². The maximum Gasteiger partial charge on any atom is 0.332 e. The molecule has 2 rings (SSSR count). The zero-order chi connectivity index (χ0) is 13.3. The molecule has 0 bridgehead atoms. The van der Waals surface area contributed by atoms with Crippen LogP contribution in [-0.4, -0.2) is 46.7 Å². The number of carboxylic acid groups (broad SMARTS) is 1. The van der Waals surface area contributed by atoms with Crippen LogP contribution in [0.3, 0.4) is 0 Å². The Hall–Kier alpha value is -1.10. The Balaban J connectivity index is 1.93. The van der Waals surface area contributed by atoms with Gasteiger partial charge in [-0.1, -0.05) is 0 Å². The van der Waals surface area contributed by atoms with Gasteiger partial charge in [-0.25, -0.2) is 4.79 Å². The highest BCUT2D eigenvalue weighted by molar-refractivity contribution is 5.83. The first kappa shape index (κ1) is 13.3. The summed E-state index contributed by atoms with van der Waals surface area (Å²) >= 11 is 0. The lowest BCUT2D eigenvalue weighted by molar-refractivity contribution is -0.155. The lowest BCUT2D eigenvalue weighted by Crippen LogP contribution is -2.44. The number of hydrogen-bond donors (Lipinski definition) is 1. The smallest absolute Gasteiger partial charge is 0.332 e. The first-order chi connectivity index (χ1) is 8.49. The van der Waals surface area contributed by atoms with E-state index in [4.69, 9.17) is 9.84 Å². The van der Waals surface area contributed by atoms with Crippen molar-refractivity contribution in [1.29, 1.82) is 0 Å². The molecule has 5 heteroatoms. The predicted molar refractivity (Wildman–Crippen MR) is 65.1 cm³/mol. The lowest BCUT2D eigenvalue weighted by Gasteiger charge is -2.29. The summed E-state index contributed by atoms with van der Waals surface area (Å²) in [6.45, 7) is 4.77. The fraction of sp³-hybridized carbons (Fsp3) is 0.846. The molecule has 0 aromatic heterocycles. The monoisotopic (exact) mass is 255 g/mol. The molecule has 0 radical (unpaired) electrons. The summed E-state index contributed by atoms with van der Waals surface area (Å²) in [5.41, 5.74) is 0. The predicted octanol–water partition coefficient (Wildman–Crippen LogP) is 1.27. The minimum atomic E-state index is -0.969. The van der Waals surface area contributed by atoms with E-state index in [0.29, 0.717) is 18.8 Å². The lowest BCUT2D eigenvalue weighted by atomic mass is 10.1. The minimum absolute atomic E-state index is 0.0411. The molecule has 2 atom stereocenters. The van der Waals surface area contributed by atoms with E-state index in [1.165, 1.54) is 12.8 Å². The van der Waals surface area contributed by atoms with E-state index in [0.717, 1.165) is 6.54 Å². The number of amides is 1. The van der Waals surface area contributed by atoms with Crippen molar-refractivity contribution < 1.29 is 19.4 Å². The standard InChI is InChI=1S/C13H21NO4/c1-8(2)14(7-9-3-4-9)12(15)10-5-6-11(18-10)13(16)17/h8-11H,3-7H2,1-2H3,(H,16,17). The van der Waals surface area contributed by atoms with Crippen molar-refractivity contribution in [2.24, 2.45) is 5.92 Å². The Kier molecular flexibility index (Phi) is 3.90. The van der Waals surface area contributed by atoms with Gasteiger partial charge in [-0.3, -0.25) is 4.79 Å². The minimum Gasteiger partial charge on any atom is -0.479 e. The Morgan fingerprint density at radius 2 is 1.83 bits per heavy atom. The number of carbonyl (C=O) groups excluding carboxylic acids is 1. The van der Waals surface area contributed by atoms with Crippen molar-refractivity contribution in [2.45, 2.75) is 57.8 Å². The van der Waals surface area contributed by atoms with Crippen molar-refractivity contribution >= 4 is 11.9 Å². The fourth-order valence-electron chi connectivity index (χ4n) is 2.32. The molecule has 1 aliphatic carbocycles. The molecule has 1 N–H and O–H groups in total. The molecule has 1 amide bonds. The number of nitrogens with zero attached hydrogens (tertiary/aromatic N) is 1. The van der Waals surface area contributed by atoms with E-state index >= 15 is 0 Å². The zero-order valence-corrected chi connectivity index (χ0v) is 11.0. The van der Waals surface area contributed by atoms with Crippen molar-refractivity contribution in [2.75, 3.05) is 6.54 Å². The van der Waals surface area contributed by atoms with E-state index in [-0.39, 0.29) is 11.9 Å². The molecule has 1 saturated heterocycles. The van der Waals surface area contributed by atoms with E-state index in [9.17, 15) is 9.59 Å². The van der Waals surface area contributed by atoms with Gasteiger partial charge in [-0.2, -0.15) is 0 Å². The number of carbonyl (C=O) groups is 2. The van der Waals surface area contributed by atoms with E-state index in [2.05, 4.69) is 0 Å². The van der Waals surface area contributed by atoms with Gasteiger partial charge in [0.25, 0.3) is 5.91 Å². The Labute approximate surface area is 107 Å². The van der Waals surface area contributed by atoms with Crippen LogP contribution in [0, 0.1) is 5.92 Å². The summed E-state index contributed by atoms with van der Waals surface area (Å²) in [7, 11) is 0. The van der Waals surface area contributed by atoms with Crippen molar-refractivity contribution in [3.63, 3.8) is 0 Å². The van der Waals surface area contributed by atoms with Crippen molar-refractivity contribution in [3.8, 4) is 0 Å². The SMILES string of the molecule is CC(C)N(CC1CC1)C(=O)C1CCC(C(=O)O)O1. The topological polar surface area (TPSA) is 66.8 Å². The molecule has 1 heterocycles. The van der Waals surface area contributed by atoms with Crippen molar-refractivity contribution in [1.82, 2.24) is 4.90 Å². The zero-order valence-electron chi connectivity index (χ0n) is 11.0. The highest BCUT2D eigenvalue weighted by atomic mass is 16.5. The molecule has 0 aromatic rings. The summed E-state index contributed by atoms with van der Waals surface area (Å²) < 4.78 is 5.33. The van der Waals surface area contributed by atoms with E-state index in [1.807, 2.05) is 18.7 Å². The molecular formula is C13H21NO4. The van der Waals surface area contributed by atoms with E-state index < -0.39 is 18.2 Å². The maximum atomic E-state index is 12.3. The second-order valence-corrected chi connectivity index (χ2v) is 5.56. The summed E-state index contributed by atoms with van der Waals surface area (Å²) in [6, 6.07) is 0.144. The van der Waals surface area contributed by atoms with Crippen LogP contribution in [0.4, 0.5) is 0 Å². The Morgan fingerprint density at radius 1 is 1.22 bits per heavy atom. The third-order valence-corrected chi connectivity index (χ3v) is 3.63. The molecule has 1 saturated carbocycles. The third kappa shape index (κ3) is 3.02. The Bertz CT molecular complexity index is 338. The Morgan fingerprint density at radius 3 is 2.28 bits per heavy atom. The molecule has 2 aliphatic rings. The summed E-state index contributed by atoms with van der Waals surface area (Å²) in [5.74, 6) is -0.378. The quantitative estimate of drug-likeness (QED) is 0.803. The van der Waals surface area contributed by atoms with Crippen LogP contribution in [0.25, 0.3) is 0 Å². The van der Waals surface area contributed by atoms with Gasteiger partial charge in [0.1, 0.15) is 6.10 Å². The van der Waals surface area contributed by atoms with Gasteiger partial charge >= 0.3 is 5.97 Å². The van der Waals surface area contributed by atoms with Crippen molar-refractivity contribution in [3.05, 3.63) is 0 Å². The maximum absolute atomic E-state index is 12.3. The van der Waals surface area contributed by atoms with Gasteiger partial charge in [0.15, 0.2) is 6.10 Å². The first-order valence-electron chi connectivity index (χ1n) is 6.67. The molecule has 5 nitrogen and oxygen atoms in total. The van der Waals surface area contributed by atoms with Crippen LogP contribution in [0.15, 0.2) is 0 Å². The summed E-state index contributed by atoms with van der Waals surface area (Å²) in [4.78, 5) is 25.0. The van der Waals surface area contributed by atoms with Crippen LogP contribution < -0.4 is 0 Å². The molecular weight excluding hydrogens is 234 g/mol. The molecule has 2 unspecified atom stereocenters. The van der Waals surface area contributed by atoms with Crippen LogP contribution >= 0.6 is 0 Å². The highest BCUT2D eigenvalue weighted by Crippen LogP contribution is 2.31. The van der Waals surface area contributed by atoms with Crippen LogP contribution in [0.5, 0.6) is 0 Å². The number of carboxylic acids is 1. The molecule has 0 spiro atoms. The number of aliphatic carboxylic acids is 1. The first-order valence-corrected chi connectivity index (χ1v) is 6.67. The largest absolute Gasteiger partial charge is 0.479 e. The number of ether oxygens (including phenoxy) is 1. The average Bonchev–Trinajstić information content (AvgIpc) is 2.97. The van der Waals surface area contributed by atoms with Gasteiger partial charge in [0, 0.05) is 12.6 Å². The molecule has 0 aromatic carbocycles. The molecule has 1 aliphatic heterocycles. The average molecular weight is 255 g/mol. The second-order valence-electron chi connectivity index (χ2n) is 5.56.